The first-order valence-corrected chi connectivity index (χ1v) is 7.44. The number of ether oxygens (including phenoxy) is 2. The molecule has 18 heavy (non-hydrogen) atoms. The van der Waals surface area contributed by atoms with Crippen molar-refractivity contribution in [2.24, 2.45) is 0 Å². The van der Waals surface area contributed by atoms with E-state index >= 15 is 0 Å². The highest BCUT2D eigenvalue weighted by Crippen LogP contribution is 2.33. The zero-order valence-corrected chi connectivity index (χ0v) is 11.5. The zero-order valence-electron chi connectivity index (χ0n) is 9.97. The number of hydrogen-bond donors (Lipinski definition) is 0. The molecule has 0 aliphatic rings. The summed E-state index contributed by atoms with van der Waals surface area (Å²) < 4.78 is 32.3. The van der Waals surface area contributed by atoms with E-state index in [0.717, 1.165) is 6.26 Å². The molecule has 0 aliphatic carbocycles. The second kappa shape index (κ2) is 6.06. The van der Waals surface area contributed by atoms with Crippen LogP contribution in [0, 0.1) is 0 Å². The number of methoxy groups -OCH3 is 1. The van der Waals surface area contributed by atoms with Crippen molar-refractivity contribution >= 4 is 27.7 Å². The lowest BCUT2D eigenvalue weighted by atomic mass is 10.2. The Morgan fingerprint density at radius 2 is 2.06 bits per heavy atom. The van der Waals surface area contributed by atoms with E-state index in [4.69, 9.17) is 21.1 Å². The molecule has 5 nitrogen and oxygen atoms in total. The van der Waals surface area contributed by atoms with Gasteiger partial charge in [0.25, 0.3) is 0 Å². The molecule has 0 N–H and O–H groups in total. The van der Waals surface area contributed by atoms with Gasteiger partial charge in [-0.05, 0) is 6.07 Å². The minimum atomic E-state index is -3.12. The van der Waals surface area contributed by atoms with Crippen LogP contribution in [0.3, 0.4) is 0 Å². The van der Waals surface area contributed by atoms with Crippen molar-refractivity contribution in [1.29, 1.82) is 0 Å². The van der Waals surface area contributed by atoms with Crippen molar-refractivity contribution in [2.75, 3.05) is 25.7 Å². The first-order valence-electron chi connectivity index (χ1n) is 5.00. The van der Waals surface area contributed by atoms with Crippen LogP contribution in [0.5, 0.6) is 11.5 Å². The van der Waals surface area contributed by atoms with Crippen LogP contribution in [0.2, 0.25) is 5.02 Å². The quantitative estimate of drug-likeness (QED) is 0.745. The minimum Gasteiger partial charge on any atom is -0.493 e. The van der Waals surface area contributed by atoms with E-state index in [1.165, 1.54) is 19.2 Å². The second-order valence-electron chi connectivity index (χ2n) is 3.62. The Balaban J connectivity index is 2.96. The normalized spacial score (nSPS) is 11.1. The van der Waals surface area contributed by atoms with E-state index in [9.17, 15) is 13.2 Å². The number of carbonyl (C=O) groups is 1. The van der Waals surface area contributed by atoms with E-state index in [1.807, 2.05) is 0 Å². The van der Waals surface area contributed by atoms with Crippen LogP contribution < -0.4 is 9.47 Å². The SMILES string of the molecule is COc1cc(Cl)cc(C=O)c1OCCS(C)(=O)=O. The number of rotatable bonds is 6. The highest BCUT2D eigenvalue weighted by Gasteiger charge is 2.13. The Bertz CT molecular complexity index is 539. The van der Waals surface area contributed by atoms with Gasteiger partial charge < -0.3 is 9.47 Å². The lowest BCUT2D eigenvalue weighted by Gasteiger charge is -2.12. The van der Waals surface area contributed by atoms with Crippen molar-refractivity contribution in [3.8, 4) is 11.5 Å². The number of aldehydes is 1. The van der Waals surface area contributed by atoms with E-state index in [1.54, 1.807) is 0 Å². The first-order chi connectivity index (χ1) is 8.37. The van der Waals surface area contributed by atoms with Gasteiger partial charge in [-0.2, -0.15) is 0 Å². The first kappa shape index (κ1) is 14.8. The Labute approximate surface area is 111 Å². The third-order valence-corrected chi connectivity index (χ3v) is 3.22. The maximum atomic E-state index is 11.0. The van der Waals surface area contributed by atoms with Gasteiger partial charge in [0.05, 0.1) is 18.4 Å². The molecule has 0 spiro atoms. The van der Waals surface area contributed by atoms with Crippen LogP contribution in [0.25, 0.3) is 0 Å². The number of hydrogen-bond acceptors (Lipinski definition) is 5. The summed E-state index contributed by atoms with van der Waals surface area (Å²) in [6, 6.07) is 2.91. The summed E-state index contributed by atoms with van der Waals surface area (Å²) in [7, 11) is -1.72. The van der Waals surface area contributed by atoms with Gasteiger partial charge in [-0.15, -0.1) is 0 Å². The van der Waals surface area contributed by atoms with Gasteiger partial charge in [0, 0.05) is 17.3 Å². The Hall–Kier alpha value is -1.27. The molecule has 1 aromatic carbocycles. The molecule has 0 radical (unpaired) electrons. The fourth-order valence-corrected chi connectivity index (χ4v) is 1.88. The molecular formula is C11H13ClO5S. The smallest absolute Gasteiger partial charge is 0.171 e. The fraction of sp³-hybridized carbons (Fsp3) is 0.364. The zero-order chi connectivity index (χ0) is 13.8. The molecule has 0 fully saturated rings. The number of sulfone groups is 1. The third-order valence-electron chi connectivity index (χ3n) is 2.10. The summed E-state index contributed by atoms with van der Waals surface area (Å²) in [6.45, 7) is -0.0579. The molecule has 100 valence electrons. The standard InChI is InChI=1S/C11H13ClO5S/c1-16-10-6-9(12)5-8(7-13)11(10)17-3-4-18(2,14)15/h5-7H,3-4H2,1-2H3. The van der Waals surface area contributed by atoms with Crippen LogP contribution in [-0.2, 0) is 9.84 Å². The average molecular weight is 293 g/mol. The van der Waals surface area contributed by atoms with Crippen LogP contribution in [0.1, 0.15) is 10.4 Å². The summed E-state index contributed by atoms with van der Waals surface area (Å²) in [4.78, 5) is 10.9. The van der Waals surface area contributed by atoms with Gasteiger partial charge in [-0.25, -0.2) is 8.42 Å². The summed E-state index contributed by atoms with van der Waals surface area (Å²) in [6.07, 6.45) is 1.68. The Morgan fingerprint density at radius 3 is 2.56 bits per heavy atom. The van der Waals surface area contributed by atoms with Crippen molar-refractivity contribution in [1.82, 2.24) is 0 Å². The van der Waals surface area contributed by atoms with Gasteiger partial charge in [0.1, 0.15) is 6.61 Å². The summed E-state index contributed by atoms with van der Waals surface area (Å²) in [5.41, 5.74) is 0.216. The molecular weight excluding hydrogens is 280 g/mol. The monoisotopic (exact) mass is 292 g/mol. The predicted octanol–water partition coefficient (Wildman–Crippen LogP) is 1.58. The molecule has 0 amide bonds. The average Bonchev–Trinajstić information content (AvgIpc) is 2.28. The molecule has 0 saturated heterocycles. The van der Waals surface area contributed by atoms with Crippen LogP contribution >= 0.6 is 11.6 Å². The molecule has 0 heterocycles. The molecule has 0 atom stereocenters. The molecule has 1 rings (SSSR count). The highest BCUT2D eigenvalue weighted by molar-refractivity contribution is 7.90. The lowest BCUT2D eigenvalue weighted by Crippen LogP contribution is -2.13. The van der Waals surface area contributed by atoms with Crippen molar-refractivity contribution in [3.05, 3.63) is 22.7 Å². The highest BCUT2D eigenvalue weighted by atomic mass is 35.5. The summed E-state index contributed by atoms with van der Waals surface area (Å²) >= 11 is 5.80. The lowest BCUT2D eigenvalue weighted by molar-refractivity contribution is 0.111. The Morgan fingerprint density at radius 1 is 1.39 bits per heavy atom. The molecule has 1 aromatic rings. The molecule has 0 saturated carbocycles. The Kier molecular flexibility index (Phi) is 4.98. The largest absolute Gasteiger partial charge is 0.493 e. The van der Waals surface area contributed by atoms with E-state index in [0.29, 0.717) is 11.3 Å². The molecule has 0 aromatic heterocycles. The van der Waals surface area contributed by atoms with Gasteiger partial charge in [-0.1, -0.05) is 11.6 Å². The van der Waals surface area contributed by atoms with E-state index in [2.05, 4.69) is 0 Å². The van der Waals surface area contributed by atoms with Gasteiger partial charge in [0.15, 0.2) is 27.6 Å². The maximum Gasteiger partial charge on any atom is 0.171 e. The van der Waals surface area contributed by atoms with Crippen LogP contribution in [0.15, 0.2) is 12.1 Å². The van der Waals surface area contributed by atoms with Crippen LogP contribution in [-0.4, -0.2) is 40.4 Å². The molecule has 0 unspecified atom stereocenters. The second-order valence-corrected chi connectivity index (χ2v) is 6.32. The molecule has 0 bridgehead atoms. The van der Waals surface area contributed by atoms with E-state index in [-0.39, 0.29) is 29.4 Å². The van der Waals surface area contributed by atoms with Gasteiger partial charge in [0.2, 0.25) is 0 Å². The van der Waals surface area contributed by atoms with Crippen molar-refractivity contribution in [2.45, 2.75) is 0 Å². The molecule has 0 aliphatic heterocycles. The van der Waals surface area contributed by atoms with Crippen molar-refractivity contribution < 1.29 is 22.7 Å². The van der Waals surface area contributed by atoms with Gasteiger partial charge in [-0.3, -0.25) is 4.79 Å². The van der Waals surface area contributed by atoms with Crippen molar-refractivity contribution in [3.63, 3.8) is 0 Å². The predicted molar refractivity (Wildman–Crippen MR) is 68.6 cm³/mol. The van der Waals surface area contributed by atoms with Gasteiger partial charge >= 0.3 is 0 Å². The van der Waals surface area contributed by atoms with Crippen LogP contribution in [0.4, 0.5) is 0 Å². The number of halogens is 1. The fourth-order valence-electron chi connectivity index (χ4n) is 1.28. The maximum absolute atomic E-state index is 11.0. The number of carbonyl (C=O) groups excluding carboxylic acids is 1. The minimum absolute atomic E-state index is 0.0579. The third kappa shape index (κ3) is 4.19. The number of benzene rings is 1. The summed E-state index contributed by atoms with van der Waals surface area (Å²) in [5, 5.41) is 0.337. The molecule has 7 heteroatoms. The van der Waals surface area contributed by atoms with E-state index < -0.39 is 9.84 Å². The summed E-state index contributed by atoms with van der Waals surface area (Å²) in [5.74, 6) is 0.343. The topological polar surface area (TPSA) is 69.7 Å².